The van der Waals surface area contributed by atoms with Crippen molar-refractivity contribution in [1.82, 2.24) is 0 Å². The van der Waals surface area contributed by atoms with Gasteiger partial charge in [0.25, 0.3) is 0 Å². The molecule has 0 spiro atoms. The number of aliphatic hydroxyl groups excluding tert-OH is 1. The van der Waals surface area contributed by atoms with E-state index in [0.29, 0.717) is 11.3 Å². The molecule has 1 fully saturated rings. The highest BCUT2D eigenvalue weighted by Gasteiger charge is 2.13. The lowest BCUT2D eigenvalue weighted by atomic mass is 9.99. The molecule has 112 valence electrons. The van der Waals surface area contributed by atoms with Crippen LogP contribution in [0.3, 0.4) is 0 Å². The quantitative estimate of drug-likeness (QED) is 0.643. The number of hydrogen-bond donors (Lipinski definition) is 2. The van der Waals surface area contributed by atoms with Gasteiger partial charge in [0, 0.05) is 6.07 Å². The lowest BCUT2D eigenvalue weighted by molar-refractivity contribution is -0.380. The minimum Gasteiger partial charge on any atom is -0.477 e. The standard InChI is InChI=1S/C8H16O.C5H3NO4S/c9-8-6-4-2-1-3-5-7-8;7-5(8)3-1-2-4(11-3)6(9)10/h8-9H,1-7H2;1-2H,(H,7,8). The highest BCUT2D eigenvalue weighted by Crippen LogP contribution is 2.23. The SMILES string of the molecule is O=C(O)c1ccc([N+](=O)[O-])s1.OC1CCCCCCC1. The number of carbonyl (C=O) groups is 1. The van der Waals surface area contributed by atoms with Crippen LogP contribution in [0.25, 0.3) is 0 Å². The topological polar surface area (TPSA) is 101 Å². The van der Waals surface area contributed by atoms with Crippen LogP contribution in [0, 0.1) is 10.1 Å². The molecule has 0 bridgehead atoms. The van der Waals surface area contributed by atoms with Crippen molar-refractivity contribution in [2.75, 3.05) is 0 Å². The third-order valence-electron chi connectivity index (χ3n) is 3.06. The van der Waals surface area contributed by atoms with E-state index in [1.807, 2.05) is 0 Å². The molecule has 1 saturated carbocycles. The molecular weight excluding hydrogens is 282 g/mol. The first kappa shape index (κ1) is 16.6. The number of rotatable bonds is 2. The van der Waals surface area contributed by atoms with Gasteiger partial charge in [0.15, 0.2) is 0 Å². The summed E-state index contributed by atoms with van der Waals surface area (Å²) in [6.07, 6.45) is 8.62. The molecule has 1 heterocycles. The Morgan fingerprint density at radius 2 is 1.75 bits per heavy atom. The van der Waals surface area contributed by atoms with E-state index in [4.69, 9.17) is 5.11 Å². The summed E-state index contributed by atoms with van der Waals surface area (Å²) in [5.74, 6) is -1.14. The van der Waals surface area contributed by atoms with Crippen LogP contribution in [0.2, 0.25) is 0 Å². The van der Waals surface area contributed by atoms with Gasteiger partial charge in [-0.3, -0.25) is 10.1 Å². The molecule has 0 radical (unpaired) electrons. The van der Waals surface area contributed by atoms with E-state index in [9.17, 15) is 20.0 Å². The summed E-state index contributed by atoms with van der Waals surface area (Å²) in [7, 11) is 0. The van der Waals surface area contributed by atoms with Crippen LogP contribution in [0.1, 0.15) is 54.6 Å². The van der Waals surface area contributed by atoms with Crippen LogP contribution in [-0.2, 0) is 0 Å². The van der Waals surface area contributed by atoms with Gasteiger partial charge in [-0.05, 0) is 18.9 Å². The van der Waals surface area contributed by atoms with Gasteiger partial charge in [-0.2, -0.15) is 0 Å². The summed E-state index contributed by atoms with van der Waals surface area (Å²) < 4.78 is 0. The van der Waals surface area contributed by atoms with Crippen molar-refractivity contribution in [2.24, 2.45) is 0 Å². The van der Waals surface area contributed by atoms with Gasteiger partial charge in [-0.25, -0.2) is 4.79 Å². The van der Waals surface area contributed by atoms with Crippen LogP contribution in [0.5, 0.6) is 0 Å². The molecule has 7 heteroatoms. The van der Waals surface area contributed by atoms with Crippen LogP contribution in [0.4, 0.5) is 5.00 Å². The summed E-state index contributed by atoms with van der Waals surface area (Å²) in [6, 6.07) is 2.39. The Balaban J connectivity index is 0.000000204. The predicted octanol–water partition coefficient (Wildman–Crippen LogP) is 3.45. The fourth-order valence-electron chi connectivity index (χ4n) is 1.98. The van der Waals surface area contributed by atoms with Crippen molar-refractivity contribution >= 4 is 22.3 Å². The van der Waals surface area contributed by atoms with E-state index in [2.05, 4.69) is 0 Å². The average molecular weight is 301 g/mol. The molecule has 1 aromatic heterocycles. The lowest BCUT2D eigenvalue weighted by Crippen LogP contribution is -2.07. The van der Waals surface area contributed by atoms with Gasteiger partial charge in [-0.15, -0.1) is 0 Å². The van der Waals surface area contributed by atoms with Crippen LogP contribution >= 0.6 is 11.3 Å². The molecule has 6 nitrogen and oxygen atoms in total. The van der Waals surface area contributed by atoms with Gasteiger partial charge < -0.3 is 10.2 Å². The van der Waals surface area contributed by atoms with Crippen molar-refractivity contribution in [2.45, 2.75) is 51.0 Å². The Labute approximate surface area is 121 Å². The van der Waals surface area contributed by atoms with Gasteiger partial charge in [0.05, 0.1) is 11.0 Å². The number of carboxylic acid groups (broad SMARTS) is 1. The molecule has 1 aliphatic rings. The molecule has 2 rings (SSSR count). The van der Waals surface area contributed by atoms with Crippen molar-refractivity contribution < 1.29 is 19.9 Å². The number of aliphatic hydroxyl groups is 1. The third kappa shape index (κ3) is 6.12. The van der Waals surface area contributed by atoms with Gasteiger partial charge in [0.1, 0.15) is 4.88 Å². The maximum atomic E-state index is 10.2. The van der Waals surface area contributed by atoms with Gasteiger partial charge in [-0.1, -0.05) is 43.4 Å². The highest BCUT2D eigenvalue weighted by molar-refractivity contribution is 7.17. The summed E-state index contributed by atoms with van der Waals surface area (Å²) in [5.41, 5.74) is 0. The second kappa shape index (κ2) is 8.65. The molecule has 0 saturated heterocycles. The molecule has 0 aromatic carbocycles. The number of nitro groups is 1. The summed E-state index contributed by atoms with van der Waals surface area (Å²) in [6.45, 7) is 0. The molecule has 0 aliphatic heterocycles. The molecule has 0 unspecified atom stereocenters. The normalized spacial score (nSPS) is 16.4. The molecule has 20 heavy (non-hydrogen) atoms. The number of thiophene rings is 1. The first-order chi connectivity index (χ1) is 9.50. The zero-order valence-electron chi connectivity index (χ0n) is 11.2. The molecule has 1 aromatic rings. The molecular formula is C13H19NO5S. The first-order valence-electron chi connectivity index (χ1n) is 6.66. The van der Waals surface area contributed by atoms with Crippen molar-refractivity contribution in [1.29, 1.82) is 0 Å². The number of hydrogen-bond acceptors (Lipinski definition) is 5. The van der Waals surface area contributed by atoms with Crippen LogP contribution < -0.4 is 0 Å². The van der Waals surface area contributed by atoms with Gasteiger partial charge in [0.2, 0.25) is 0 Å². The third-order valence-corrected chi connectivity index (χ3v) is 4.08. The van der Waals surface area contributed by atoms with E-state index >= 15 is 0 Å². The minimum absolute atomic E-state index is 0.0169. The zero-order chi connectivity index (χ0) is 15.0. The maximum absolute atomic E-state index is 10.2. The maximum Gasteiger partial charge on any atom is 0.346 e. The largest absolute Gasteiger partial charge is 0.477 e. The van der Waals surface area contributed by atoms with E-state index in [0.717, 1.165) is 12.8 Å². The van der Waals surface area contributed by atoms with E-state index < -0.39 is 10.9 Å². The second-order valence-electron chi connectivity index (χ2n) is 4.70. The Kier molecular flexibility index (Phi) is 7.17. The molecule has 1 aliphatic carbocycles. The van der Waals surface area contributed by atoms with Crippen LogP contribution in [0.15, 0.2) is 12.1 Å². The Bertz CT molecular complexity index is 409. The second-order valence-corrected chi connectivity index (χ2v) is 5.76. The monoisotopic (exact) mass is 301 g/mol. The number of aromatic carboxylic acids is 1. The van der Waals surface area contributed by atoms with E-state index in [-0.39, 0.29) is 16.0 Å². The number of nitrogens with zero attached hydrogens (tertiary/aromatic N) is 1. The Morgan fingerprint density at radius 1 is 1.20 bits per heavy atom. The molecule has 0 amide bonds. The highest BCUT2D eigenvalue weighted by atomic mass is 32.1. The predicted molar refractivity (Wildman–Crippen MR) is 76.3 cm³/mol. The first-order valence-corrected chi connectivity index (χ1v) is 7.48. The van der Waals surface area contributed by atoms with Crippen molar-refractivity contribution in [3.63, 3.8) is 0 Å². The fraction of sp³-hybridized carbons (Fsp3) is 0.615. The average Bonchev–Trinajstić information content (AvgIpc) is 2.84. The summed E-state index contributed by atoms with van der Waals surface area (Å²) in [5, 5.41) is 27.5. The smallest absolute Gasteiger partial charge is 0.346 e. The minimum atomic E-state index is -1.14. The van der Waals surface area contributed by atoms with Crippen LogP contribution in [-0.4, -0.2) is 27.2 Å². The molecule has 0 atom stereocenters. The van der Waals surface area contributed by atoms with E-state index in [1.165, 1.54) is 44.2 Å². The van der Waals surface area contributed by atoms with E-state index in [1.54, 1.807) is 0 Å². The number of carboxylic acids is 1. The van der Waals surface area contributed by atoms with Crippen molar-refractivity contribution in [3.8, 4) is 0 Å². The fourth-order valence-corrected chi connectivity index (χ4v) is 2.63. The Morgan fingerprint density at radius 3 is 2.15 bits per heavy atom. The summed E-state index contributed by atoms with van der Waals surface area (Å²) in [4.78, 5) is 19.7. The zero-order valence-corrected chi connectivity index (χ0v) is 12.0. The van der Waals surface area contributed by atoms with Gasteiger partial charge >= 0.3 is 11.0 Å². The Hall–Kier alpha value is -1.47. The molecule has 2 N–H and O–H groups in total. The lowest BCUT2D eigenvalue weighted by Gasteiger charge is -2.13. The van der Waals surface area contributed by atoms with Crippen molar-refractivity contribution in [3.05, 3.63) is 27.1 Å². The summed E-state index contributed by atoms with van der Waals surface area (Å²) >= 11 is 0.650.